The minimum absolute atomic E-state index is 0.0311. The number of para-hydroxylation sites is 1. The standard InChI is InChI=1S/C20H28N4O3/c1-16(25)24(9-8-23-10-12-27-13-11-23)7-6-21-20(26)14-17-15-22-19-5-3-2-4-18(17)19/h2-5,15,22H,6-14H2,1H3,(H,21,26). The van der Waals surface area contributed by atoms with Gasteiger partial charge in [-0.05, 0) is 11.6 Å². The second kappa shape index (κ2) is 9.53. The summed E-state index contributed by atoms with van der Waals surface area (Å²) in [5.41, 5.74) is 2.02. The number of morpholine rings is 1. The molecule has 0 spiro atoms. The third-order valence-electron chi connectivity index (χ3n) is 4.96. The Morgan fingerprint density at radius 3 is 2.78 bits per heavy atom. The fourth-order valence-corrected chi connectivity index (χ4v) is 3.36. The Morgan fingerprint density at radius 2 is 2.00 bits per heavy atom. The van der Waals surface area contributed by atoms with E-state index in [2.05, 4.69) is 15.2 Å². The molecule has 2 N–H and O–H groups in total. The molecule has 0 aliphatic carbocycles. The lowest BCUT2D eigenvalue weighted by Gasteiger charge is -2.29. The van der Waals surface area contributed by atoms with Crippen LogP contribution in [0, 0.1) is 0 Å². The highest BCUT2D eigenvalue weighted by Gasteiger charge is 2.14. The van der Waals surface area contributed by atoms with Crippen LogP contribution < -0.4 is 5.32 Å². The summed E-state index contributed by atoms with van der Waals surface area (Å²) in [7, 11) is 0. The zero-order valence-electron chi connectivity index (χ0n) is 15.9. The molecule has 0 unspecified atom stereocenters. The Hall–Kier alpha value is -2.38. The lowest BCUT2D eigenvalue weighted by atomic mass is 10.1. The number of aromatic nitrogens is 1. The molecule has 1 fully saturated rings. The number of fused-ring (bicyclic) bond motifs is 1. The molecule has 0 radical (unpaired) electrons. The average Bonchev–Trinajstić information content (AvgIpc) is 3.08. The maximum Gasteiger partial charge on any atom is 0.224 e. The Balaban J connectivity index is 1.42. The van der Waals surface area contributed by atoms with Gasteiger partial charge in [-0.2, -0.15) is 0 Å². The summed E-state index contributed by atoms with van der Waals surface area (Å²) >= 11 is 0. The molecular weight excluding hydrogens is 344 g/mol. The number of hydrogen-bond donors (Lipinski definition) is 2. The van der Waals surface area contributed by atoms with Crippen LogP contribution in [0.3, 0.4) is 0 Å². The van der Waals surface area contributed by atoms with Gasteiger partial charge in [-0.1, -0.05) is 18.2 Å². The molecule has 2 heterocycles. The zero-order valence-corrected chi connectivity index (χ0v) is 15.9. The van der Waals surface area contributed by atoms with E-state index in [9.17, 15) is 9.59 Å². The van der Waals surface area contributed by atoms with Crippen LogP contribution in [-0.2, 0) is 20.7 Å². The predicted molar refractivity (Wildman–Crippen MR) is 105 cm³/mol. The van der Waals surface area contributed by atoms with Crippen molar-refractivity contribution in [3.63, 3.8) is 0 Å². The van der Waals surface area contributed by atoms with Crippen molar-refractivity contribution < 1.29 is 14.3 Å². The number of hydrogen-bond acceptors (Lipinski definition) is 4. The van der Waals surface area contributed by atoms with Crippen LogP contribution >= 0.6 is 0 Å². The highest BCUT2D eigenvalue weighted by atomic mass is 16.5. The van der Waals surface area contributed by atoms with Gasteiger partial charge in [0.2, 0.25) is 11.8 Å². The fourth-order valence-electron chi connectivity index (χ4n) is 3.36. The van der Waals surface area contributed by atoms with E-state index in [1.807, 2.05) is 30.5 Å². The Kier molecular flexibility index (Phi) is 6.84. The number of rotatable bonds is 8. The largest absolute Gasteiger partial charge is 0.379 e. The van der Waals surface area contributed by atoms with E-state index < -0.39 is 0 Å². The van der Waals surface area contributed by atoms with Crippen LogP contribution in [0.5, 0.6) is 0 Å². The molecule has 0 atom stereocenters. The maximum absolute atomic E-state index is 12.3. The van der Waals surface area contributed by atoms with Crippen molar-refractivity contribution in [1.82, 2.24) is 20.1 Å². The van der Waals surface area contributed by atoms with Gasteiger partial charge in [0.15, 0.2) is 0 Å². The van der Waals surface area contributed by atoms with Gasteiger partial charge >= 0.3 is 0 Å². The van der Waals surface area contributed by atoms with Crippen LogP contribution in [0.4, 0.5) is 0 Å². The summed E-state index contributed by atoms with van der Waals surface area (Å²) in [6.07, 6.45) is 2.21. The normalized spacial score (nSPS) is 15.0. The van der Waals surface area contributed by atoms with Gasteiger partial charge in [-0.15, -0.1) is 0 Å². The van der Waals surface area contributed by atoms with Crippen molar-refractivity contribution in [1.29, 1.82) is 0 Å². The second-order valence-electron chi connectivity index (χ2n) is 6.85. The van der Waals surface area contributed by atoms with E-state index in [0.717, 1.165) is 49.3 Å². The number of H-pyrrole nitrogens is 1. The van der Waals surface area contributed by atoms with Crippen molar-refractivity contribution in [2.24, 2.45) is 0 Å². The first-order valence-electron chi connectivity index (χ1n) is 9.51. The highest BCUT2D eigenvalue weighted by molar-refractivity contribution is 5.88. The molecular formula is C20H28N4O3. The number of amides is 2. The zero-order chi connectivity index (χ0) is 19.1. The molecule has 0 bridgehead atoms. The smallest absolute Gasteiger partial charge is 0.224 e. The fraction of sp³-hybridized carbons (Fsp3) is 0.500. The molecule has 0 saturated carbocycles. The van der Waals surface area contributed by atoms with Gasteiger partial charge < -0.3 is 19.9 Å². The molecule has 2 amide bonds. The minimum Gasteiger partial charge on any atom is -0.379 e. The monoisotopic (exact) mass is 372 g/mol. The molecule has 1 aromatic carbocycles. The lowest BCUT2D eigenvalue weighted by Crippen LogP contribution is -2.44. The molecule has 3 rings (SSSR count). The number of benzene rings is 1. The number of aromatic amines is 1. The molecule has 1 saturated heterocycles. The SMILES string of the molecule is CC(=O)N(CCNC(=O)Cc1c[nH]c2ccccc12)CCN1CCOCC1. The van der Waals surface area contributed by atoms with Crippen molar-refractivity contribution >= 4 is 22.7 Å². The Labute approximate surface area is 159 Å². The predicted octanol–water partition coefficient (Wildman–Crippen LogP) is 1.01. The van der Waals surface area contributed by atoms with Crippen molar-refractivity contribution in [3.05, 3.63) is 36.0 Å². The first kappa shape index (κ1) is 19.4. The summed E-state index contributed by atoms with van der Waals surface area (Å²) < 4.78 is 5.34. The molecule has 1 aliphatic heterocycles. The van der Waals surface area contributed by atoms with E-state index in [0.29, 0.717) is 26.1 Å². The van der Waals surface area contributed by atoms with Gasteiger partial charge in [0, 0.05) is 63.3 Å². The molecule has 1 aliphatic rings. The van der Waals surface area contributed by atoms with Gasteiger partial charge in [-0.25, -0.2) is 0 Å². The highest BCUT2D eigenvalue weighted by Crippen LogP contribution is 2.17. The number of nitrogens with one attached hydrogen (secondary N) is 2. The third kappa shape index (κ3) is 5.55. The Morgan fingerprint density at radius 1 is 1.22 bits per heavy atom. The molecule has 7 nitrogen and oxygen atoms in total. The average molecular weight is 372 g/mol. The van der Waals surface area contributed by atoms with Gasteiger partial charge in [-0.3, -0.25) is 14.5 Å². The van der Waals surface area contributed by atoms with Crippen molar-refractivity contribution in [2.45, 2.75) is 13.3 Å². The summed E-state index contributed by atoms with van der Waals surface area (Å²) in [6.45, 7) is 7.41. The summed E-state index contributed by atoms with van der Waals surface area (Å²) in [6, 6.07) is 7.94. The van der Waals surface area contributed by atoms with Crippen molar-refractivity contribution in [3.8, 4) is 0 Å². The number of carbonyl (C=O) groups excluding carboxylic acids is 2. The van der Waals surface area contributed by atoms with E-state index in [-0.39, 0.29) is 11.8 Å². The molecule has 2 aromatic rings. The molecule has 7 heteroatoms. The van der Waals surface area contributed by atoms with E-state index in [4.69, 9.17) is 4.74 Å². The third-order valence-corrected chi connectivity index (χ3v) is 4.96. The number of carbonyl (C=O) groups is 2. The van der Waals surface area contributed by atoms with Gasteiger partial charge in [0.25, 0.3) is 0 Å². The first-order chi connectivity index (χ1) is 13.1. The van der Waals surface area contributed by atoms with E-state index in [1.54, 1.807) is 11.8 Å². The second-order valence-corrected chi connectivity index (χ2v) is 6.85. The summed E-state index contributed by atoms with van der Waals surface area (Å²) in [4.78, 5) is 31.4. The lowest BCUT2D eigenvalue weighted by molar-refractivity contribution is -0.129. The van der Waals surface area contributed by atoms with Gasteiger partial charge in [0.1, 0.15) is 0 Å². The number of ether oxygens (including phenoxy) is 1. The maximum atomic E-state index is 12.3. The van der Waals surface area contributed by atoms with Crippen LogP contribution in [0.25, 0.3) is 10.9 Å². The Bertz CT molecular complexity index is 767. The van der Waals surface area contributed by atoms with E-state index >= 15 is 0 Å². The van der Waals surface area contributed by atoms with Crippen LogP contribution in [0.2, 0.25) is 0 Å². The van der Waals surface area contributed by atoms with Gasteiger partial charge in [0.05, 0.1) is 19.6 Å². The molecule has 146 valence electrons. The molecule has 27 heavy (non-hydrogen) atoms. The van der Waals surface area contributed by atoms with E-state index in [1.165, 1.54) is 0 Å². The van der Waals surface area contributed by atoms with Crippen molar-refractivity contribution in [2.75, 3.05) is 52.5 Å². The summed E-state index contributed by atoms with van der Waals surface area (Å²) in [5.74, 6) is 0.00516. The summed E-state index contributed by atoms with van der Waals surface area (Å²) in [5, 5.41) is 4.00. The topological polar surface area (TPSA) is 77.7 Å². The van der Waals surface area contributed by atoms with Crippen LogP contribution in [0.1, 0.15) is 12.5 Å². The number of nitrogens with zero attached hydrogens (tertiary/aromatic N) is 2. The van der Waals surface area contributed by atoms with Crippen LogP contribution in [0.15, 0.2) is 30.5 Å². The quantitative estimate of drug-likeness (QED) is 0.725. The molecule has 1 aromatic heterocycles. The van der Waals surface area contributed by atoms with Crippen LogP contribution in [-0.4, -0.2) is 79.1 Å². The first-order valence-corrected chi connectivity index (χ1v) is 9.51. The minimum atomic E-state index is -0.0311.